The van der Waals surface area contributed by atoms with Gasteiger partial charge in [0.15, 0.2) is 5.78 Å². The average molecular weight is 358 g/mol. The third kappa shape index (κ3) is 4.96. The first-order valence-corrected chi connectivity index (χ1v) is 8.01. The molecular weight excluding hydrogens is 343 g/mol. The third-order valence-electron chi connectivity index (χ3n) is 2.63. The van der Waals surface area contributed by atoms with E-state index in [4.69, 9.17) is 11.6 Å². The Morgan fingerprint density at radius 2 is 1.77 bits per heavy atom. The zero-order valence-corrected chi connectivity index (χ0v) is 13.7. The number of hydrogen-bond acceptors (Lipinski definition) is 3. The lowest BCUT2D eigenvalue weighted by Crippen LogP contribution is -2.34. The van der Waals surface area contributed by atoms with E-state index in [1.165, 1.54) is 16.9 Å². The molecule has 0 amide bonds. The van der Waals surface area contributed by atoms with Crippen LogP contribution >= 0.6 is 11.6 Å². The van der Waals surface area contributed by atoms with Gasteiger partial charge in [-0.15, -0.1) is 0 Å². The van der Waals surface area contributed by atoms with Gasteiger partial charge in [0.05, 0.1) is 5.02 Å². The molecule has 0 saturated carbocycles. The molecule has 124 valence electrons. The Hall–Kier alpha value is -1.12. The fourth-order valence-electron chi connectivity index (χ4n) is 1.54. The summed E-state index contributed by atoms with van der Waals surface area (Å²) in [7, 11) is -4.48. The Labute approximate surface area is 131 Å². The van der Waals surface area contributed by atoms with Crippen molar-refractivity contribution >= 4 is 27.4 Å². The molecule has 0 spiro atoms. The normalized spacial score (nSPS) is 13.2. The largest absolute Gasteiger partial charge is 0.402 e. The molecule has 22 heavy (non-hydrogen) atoms. The fourth-order valence-corrected chi connectivity index (χ4v) is 3.08. The van der Waals surface area contributed by atoms with Crippen LogP contribution in [0.4, 0.5) is 13.2 Å². The van der Waals surface area contributed by atoms with Crippen LogP contribution in [0.25, 0.3) is 0 Å². The van der Waals surface area contributed by atoms with E-state index < -0.39 is 33.1 Å². The minimum Gasteiger partial charge on any atom is -0.294 e. The van der Waals surface area contributed by atoms with Gasteiger partial charge < -0.3 is 0 Å². The number of benzene rings is 1. The number of nitrogens with one attached hydrogen (secondary N) is 1. The van der Waals surface area contributed by atoms with Gasteiger partial charge in [0.2, 0.25) is 10.0 Å². The highest BCUT2D eigenvalue weighted by Crippen LogP contribution is 2.27. The van der Waals surface area contributed by atoms with Gasteiger partial charge >= 0.3 is 6.18 Å². The van der Waals surface area contributed by atoms with Gasteiger partial charge in [-0.1, -0.05) is 32.4 Å². The van der Waals surface area contributed by atoms with Crippen LogP contribution in [0, 0.1) is 5.41 Å². The first-order chi connectivity index (χ1) is 9.74. The summed E-state index contributed by atoms with van der Waals surface area (Å²) < 4.78 is 61.7. The summed E-state index contributed by atoms with van der Waals surface area (Å²) in [5.41, 5.74) is -0.710. The van der Waals surface area contributed by atoms with Crippen molar-refractivity contribution in [3.8, 4) is 0 Å². The lowest BCUT2D eigenvalue weighted by Gasteiger charge is -2.17. The van der Waals surface area contributed by atoms with E-state index in [0.717, 1.165) is 6.07 Å². The number of halogens is 4. The van der Waals surface area contributed by atoms with Gasteiger partial charge in [-0.05, 0) is 18.2 Å². The van der Waals surface area contributed by atoms with Gasteiger partial charge in [0.1, 0.15) is 11.4 Å². The van der Waals surface area contributed by atoms with Gasteiger partial charge in [-0.25, -0.2) is 13.1 Å². The number of sulfonamides is 1. The van der Waals surface area contributed by atoms with Crippen molar-refractivity contribution in [3.63, 3.8) is 0 Å². The molecular formula is C13H15ClF3NO3S. The molecule has 0 radical (unpaired) electrons. The number of carbonyl (C=O) groups excluding carboxylic acids is 1. The van der Waals surface area contributed by atoms with Crippen LogP contribution in [0.2, 0.25) is 5.02 Å². The van der Waals surface area contributed by atoms with Crippen molar-refractivity contribution < 1.29 is 26.4 Å². The molecule has 1 N–H and O–H groups in total. The molecule has 0 aromatic heterocycles. The second kappa shape index (κ2) is 6.17. The first kappa shape index (κ1) is 18.9. The average Bonchev–Trinajstić information content (AvgIpc) is 2.34. The monoisotopic (exact) mass is 357 g/mol. The summed E-state index contributed by atoms with van der Waals surface area (Å²) in [6.45, 7) is 3.20. The van der Waals surface area contributed by atoms with Crippen molar-refractivity contribution in [1.82, 2.24) is 4.72 Å². The van der Waals surface area contributed by atoms with Crippen LogP contribution in [0.3, 0.4) is 0 Å². The lowest BCUT2D eigenvalue weighted by molar-refractivity contribution is -0.121. The highest BCUT2D eigenvalue weighted by molar-refractivity contribution is 7.89. The molecule has 0 unspecified atom stereocenters. The Kier molecular flexibility index (Phi) is 5.31. The Balaban J connectivity index is 3.22. The summed E-state index contributed by atoms with van der Waals surface area (Å²) in [4.78, 5) is 11.6. The number of hydrogen-bond donors (Lipinski definition) is 1. The highest BCUT2D eigenvalue weighted by atomic mass is 35.5. The van der Waals surface area contributed by atoms with Crippen LogP contribution in [-0.4, -0.2) is 26.9 Å². The molecule has 0 heterocycles. The molecule has 0 bridgehead atoms. The summed E-state index contributed by atoms with van der Waals surface area (Å²) >= 11 is 5.74. The van der Waals surface area contributed by atoms with Gasteiger partial charge in [-0.3, -0.25) is 4.79 Å². The number of carbonyl (C=O) groups is 1. The third-order valence-corrected chi connectivity index (χ3v) is 4.51. The van der Waals surface area contributed by atoms with Gasteiger partial charge in [0, 0.05) is 11.0 Å². The molecule has 0 fully saturated rings. The fraction of sp³-hybridized carbons (Fsp3) is 0.462. The predicted molar refractivity (Wildman–Crippen MR) is 76.5 cm³/mol. The zero-order chi connectivity index (χ0) is 17.3. The first-order valence-electron chi connectivity index (χ1n) is 6.15. The smallest absolute Gasteiger partial charge is 0.294 e. The molecule has 0 saturated heterocycles. The number of rotatable bonds is 4. The Morgan fingerprint density at radius 3 is 2.23 bits per heavy atom. The Morgan fingerprint density at radius 1 is 1.23 bits per heavy atom. The molecule has 1 aromatic rings. The van der Waals surface area contributed by atoms with E-state index in [-0.39, 0.29) is 16.4 Å². The van der Waals surface area contributed by atoms with Gasteiger partial charge in [0.25, 0.3) is 0 Å². The molecule has 0 aliphatic rings. The quantitative estimate of drug-likeness (QED) is 0.840. The highest BCUT2D eigenvalue weighted by Gasteiger charge is 2.31. The van der Waals surface area contributed by atoms with Crippen molar-refractivity contribution in [2.75, 3.05) is 6.54 Å². The van der Waals surface area contributed by atoms with Crippen molar-refractivity contribution in [3.05, 3.63) is 28.8 Å². The second-order valence-electron chi connectivity index (χ2n) is 5.66. The van der Waals surface area contributed by atoms with E-state index >= 15 is 0 Å². The maximum Gasteiger partial charge on any atom is 0.402 e. The van der Waals surface area contributed by atoms with E-state index in [0.29, 0.717) is 0 Å². The molecule has 0 atom stereocenters. The summed E-state index contributed by atoms with van der Waals surface area (Å²) in [5, 5.41) is -0.264. The topological polar surface area (TPSA) is 63.2 Å². The zero-order valence-electron chi connectivity index (χ0n) is 12.1. The molecule has 0 aliphatic carbocycles. The number of alkyl halides is 3. The maximum absolute atomic E-state index is 12.2. The van der Waals surface area contributed by atoms with E-state index in [9.17, 15) is 26.4 Å². The number of ketones is 1. The van der Waals surface area contributed by atoms with E-state index in [1.54, 1.807) is 20.8 Å². The second-order valence-corrected chi connectivity index (χ2v) is 7.81. The lowest BCUT2D eigenvalue weighted by atomic mass is 9.87. The summed E-state index contributed by atoms with van der Waals surface area (Å²) in [6, 6.07) is 3.48. The molecule has 0 aliphatic heterocycles. The minimum absolute atomic E-state index is 0.0595. The summed E-state index contributed by atoms with van der Waals surface area (Å²) in [5.74, 6) is -0.351. The van der Waals surface area contributed by atoms with Crippen LogP contribution in [-0.2, 0) is 10.0 Å². The van der Waals surface area contributed by atoms with Crippen molar-refractivity contribution in [2.45, 2.75) is 31.8 Å². The Bertz CT molecular complexity index is 679. The molecule has 9 heteroatoms. The predicted octanol–water partition coefficient (Wildman–Crippen LogP) is 3.41. The molecule has 1 rings (SSSR count). The maximum atomic E-state index is 12.2. The van der Waals surface area contributed by atoms with Crippen molar-refractivity contribution in [1.29, 1.82) is 0 Å². The molecule has 4 nitrogen and oxygen atoms in total. The van der Waals surface area contributed by atoms with Crippen LogP contribution < -0.4 is 4.72 Å². The van der Waals surface area contributed by atoms with E-state index in [1.807, 2.05) is 0 Å². The SMILES string of the molecule is CC(C)(C)C(=O)c1ccc(Cl)c(S(=O)(=O)NCC(F)(F)F)c1. The minimum atomic E-state index is -4.70. The number of Topliss-reactive ketones (excluding diaryl/α,β-unsaturated/α-hetero) is 1. The van der Waals surface area contributed by atoms with Crippen molar-refractivity contribution in [2.24, 2.45) is 5.41 Å². The van der Waals surface area contributed by atoms with Gasteiger partial charge in [-0.2, -0.15) is 13.2 Å². The standard InChI is InChI=1S/C13H15ClF3NO3S/c1-12(2,3)11(19)8-4-5-9(14)10(6-8)22(20,21)18-7-13(15,16)17/h4-6,18H,7H2,1-3H3. The van der Waals surface area contributed by atoms with Crippen LogP contribution in [0.15, 0.2) is 23.1 Å². The van der Waals surface area contributed by atoms with E-state index in [2.05, 4.69) is 0 Å². The molecule has 1 aromatic carbocycles. The summed E-state index contributed by atoms with van der Waals surface area (Å²) in [6.07, 6.45) is -4.70. The van der Waals surface area contributed by atoms with Crippen LogP contribution in [0.1, 0.15) is 31.1 Å². The van der Waals surface area contributed by atoms with Crippen LogP contribution in [0.5, 0.6) is 0 Å².